The molecule has 0 atom stereocenters. The zero-order chi connectivity index (χ0) is 22.5. The van der Waals surface area contributed by atoms with Crippen molar-refractivity contribution in [1.29, 1.82) is 0 Å². The molecule has 3 aromatic rings. The zero-order valence-corrected chi connectivity index (χ0v) is 18.6. The molecular weight excluding hydrogens is 407 g/mol. The van der Waals surface area contributed by atoms with Gasteiger partial charge >= 0.3 is 0 Å². The van der Waals surface area contributed by atoms with Crippen LogP contribution in [0.15, 0.2) is 59.1 Å². The number of likely N-dealkylation sites (N-methyl/N-ethyl adjacent to an activating group) is 1. The molecule has 2 heterocycles. The first-order chi connectivity index (χ1) is 15.5. The van der Waals surface area contributed by atoms with Crippen LogP contribution in [0.5, 0.6) is 0 Å². The van der Waals surface area contributed by atoms with Crippen LogP contribution in [0.25, 0.3) is 11.3 Å². The first-order valence-electron chi connectivity index (χ1n) is 11.0. The molecule has 7 heteroatoms. The maximum absolute atomic E-state index is 14.5. The number of nitrogens with zero attached hydrogens (tertiary/aromatic N) is 4. The van der Waals surface area contributed by atoms with Gasteiger partial charge in [-0.3, -0.25) is 4.79 Å². The Hall–Kier alpha value is -3.19. The van der Waals surface area contributed by atoms with Gasteiger partial charge in [-0.25, -0.2) is 4.39 Å². The van der Waals surface area contributed by atoms with E-state index in [0.717, 1.165) is 42.8 Å². The van der Waals surface area contributed by atoms with Crippen LogP contribution >= 0.6 is 0 Å². The first-order valence-corrected chi connectivity index (χ1v) is 11.0. The van der Waals surface area contributed by atoms with Gasteiger partial charge < -0.3 is 19.2 Å². The third-order valence-corrected chi connectivity index (χ3v) is 5.77. The topological polar surface area (TPSA) is 52.8 Å². The van der Waals surface area contributed by atoms with Gasteiger partial charge in [0.1, 0.15) is 11.5 Å². The summed E-state index contributed by atoms with van der Waals surface area (Å²) < 4.78 is 20.3. The summed E-state index contributed by atoms with van der Waals surface area (Å²) in [7, 11) is 3.91. The number of aromatic nitrogens is 1. The molecule has 168 valence electrons. The van der Waals surface area contributed by atoms with Gasteiger partial charge in [0.25, 0.3) is 5.91 Å². The van der Waals surface area contributed by atoms with E-state index < -0.39 is 5.82 Å². The molecule has 0 bridgehead atoms. The molecular formula is C25H29FN4O2. The minimum atomic E-state index is -0.513. The average molecular weight is 437 g/mol. The fourth-order valence-electron chi connectivity index (χ4n) is 4.00. The van der Waals surface area contributed by atoms with Crippen molar-refractivity contribution >= 4 is 11.8 Å². The Labute approximate surface area is 188 Å². The third-order valence-electron chi connectivity index (χ3n) is 5.77. The number of amides is 1. The molecule has 4 rings (SSSR count). The highest BCUT2D eigenvalue weighted by Crippen LogP contribution is 2.34. The van der Waals surface area contributed by atoms with E-state index in [9.17, 15) is 9.18 Å². The standard InChI is InChI=1S/C25H29FN4O2/c1-28(2)16-17-30(24(31)20-12-6-7-13-22(20)26)18-21-23(19-10-4-3-5-11-19)27-32-25(21)29-14-8-9-15-29/h3-7,10-13H,8-9,14-18H2,1-2H3. The van der Waals surface area contributed by atoms with Crippen molar-refractivity contribution in [2.75, 3.05) is 45.2 Å². The second-order valence-electron chi connectivity index (χ2n) is 8.38. The van der Waals surface area contributed by atoms with Crippen LogP contribution in [-0.4, -0.2) is 61.1 Å². The summed E-state index contributed by atoms with van der Waals surface area (Å²) in [4.78, 5) is 19.3. The maximum Gasteiger partial charge on any atom is 0.257 e. The van der Waals surface area contributed by atoms with Gasteiger partial charge in [0.15, 0.2) is 0 Å². The number of benzene rings is 2. The summed E-state index contributed by atoms with van der Waals surface area (Å²) in [6.45, 7) is 3.20. The van der Waals surface area contributed by atoms with E-state index in [4.69, 9.17) is 4.52 Å². The Morgan fingerprint density at radius 2 is 1.72 bits per heavy atom. The van der Waals surface area contributed by atoms with Crippen molar-refractivity contribution in [3.63, 3.8) is 0 Å². The maximum atomic E-state index is 14.5. The van der Waals surface area contributed by atoms with Crippen LogP contribution in [0.4, 0.5) is 10.3 Å². The molecule has 1 aliphatic rings. The van der Waals surface area contributed by atoms with Crippen LogP contribution in [0.1, 0.15) is 28.8 Å². The molecule has 1 amide bonds. The third kappa shape index (κ3) is 4.83. The Bertz CT molecular complexity index is 1050. The predicted octanol–water partition coefficient (Wildman–Crippen LogP) is 4.28. The molecule has 1 aliphatic heterocycles. The van der Waals surface area contributed by atoms with E-state index in [1.807, 2.05) is 49.3 Å². The van der Waals surface area contributed by atoms with Crippen LogP contribution < -0.4 is 4.90 Å². The smallest absolute Gasteiger partial charge is 0.257 e. The molecule has 0 unspecified atom stereocenters. The van der Waals surface area contributed by atoms with Crippen molar-refractivity contribution < 1.29 is 13.7 Å². The van der Waals surface area contributed by atoms with Gasteiger partial charge in [-0.2, -0.15) is 0 Å². The van der Waals surface area contributed by atoms with E-state index in [0.29, 0.717) is 25.5 Å². The number of carbonyl (C=O) groups is 1. The molecule has 0 aliphatic carbocycles. The van der Waals surface area contributed by atoms with Crippen molar-refractivity contribution in [3.8, 4) is 11.3 Å². The monoisotopic (exact) mass is 436 g/mol. The molecule has 0 radical (unpaired) electrons. The molecule has 2 aromatic carbocycles. The lowest BCUT2D eigenvalue weighted by Crippen LogP contribution is -2.37. The summed E-state index contributed by atoms with van der Waals surface area (Å²) >= 11 is 0. The number of anilines is 1. The lowest BCUT2D eigenvalue weighted by atomic mass is 10.1. The summed E-state index contributed by atoms with van der Waals surface area (Å²) in [6.07, 6.45) is 2.19. The molecule has 1 saturated heterocycles. The average Bonchev–Trinajstić information content (AvgIpc) is 3.47. The first kappa shape index (κ1) is 22.0. The second-order valence-corrected chi connectivity index (χ2v) is 8.38. The Morgan fingerprint density at radius 3 is 2.41 bits per heavy atom. The van der Waals surface area contributed by atoms with Crippen molar-refractivity contribution in [3.05, 3.63) is 71.5 Å². The van der Waals surface area contributed by atoms with Gasteiger partial charge in [0.2, 0.25) is 5.88 Å². The molecule has 6 nitrogen and oxygen atoms in total. The second kappa shape index (κ2) is 9.96. The van der Waals surface area contributed by atoms with Crippen molar-refractivity contribution in [2.24, 2.45) is 0 Å². The lowest BCUT2D eigenvalue weighted by Gasteiger charge is -2.26. The summed E-state index contributed by atoms with van der Waals surface area (Å²) in [5.74, 6) is -0.143. The molecule has 0 N–H and O–H groups in total. The predicted molar refractivity (Wildman–Crippen MR) is 123 cm³/mol. The highest BCUT2D eigenvalue weighted by Gasteiger charge is 2.28. The van der Waals surface area contributed by atoms with E-state index in [2.05, 4.69) is 10.1 Å². The summed E-state index contributed by atoms with van der Waals surface area (Å²) in [6, 6.07) is 16.0. The molecule has 1 aromatic heterocycles. The summed E-state index contributed by atoms with van der Waals surface area (Å²) in [5.41, 5.74) is 2.60. The molecule has 0 spiro atoms. The van der Waals surface area contributed by atoms with Crippen LogP contribution in [0.2, 0.25) is 0 Å². The largest absolute Gasteiger partial charge is 0.340 e. The Balaban J connectivity index is 1.72. The van der Waals surface area contributed by atoms with Crippen LogP contribution in [0.3, 0.4) is 0 Å². The van der Waals surface area contributed by atoms with Gasteiger partial charge in [-0.1, -0.05) is 47.6 Å². The number of halogens is 1. The van der Waals surface area contributed by atoms with E-state index >= 15 is 0 Å². The van der Waals surface area contributed by atoms with Gasteiger partial charge in [-0.05, 0) is 39.1 Å². The molecule has 32 heavy (non-hydrogen) atoms. The van der Waals surface area contributed by atoms with Crippen LogP contribution in [-0.2, 0) is 6.54 Å². The van der Waals surface area contributed by atoms with E-state index in [1.165, 1.54) is 12.1 Å². The van der Waals surface area contributed by atoms with E-state index in [-0.39, 0.29) is 11.5 Å². The highest BCUT2D eigenvalue weighted by atomic mass is 19.1. The fourth-order valence-corrected chi connectivity index (χ4v) is 4.00. The van der Waals surface area contributed by atoms with Gasteiger partial charge in [0.05, 0.1) is 17.7 Å². The number of rotatable bonds is 8. The number of hydrogen-bond acceptors (Lipinski definition) is 5. The lowest BCUT2D eigenvalue weighted by molar-refractivity contribution is 0.0727. The van der Waals surface area contributed by atoms with Gasteiger partial charge in [-0.15, -0.1) is 0 Å². The van der Waals surface area contributed by atoms with E-state index in [1.54, 1.807) is 17.0 Å². The van der Waals surface area contributed by atoms with Gasteiger partial charge in [0, 0.05) is 31.7 Å². The molecule has 1 fully saturated rings. The highest BCUT2D eigenvalue weighted by molar-refractivity contribution is 5.94. The SMILES string of the molecule is CN(C)CCN(Cc1c(-c2ccccc2)noc1N1CCCC1)C(=O)c1ccccc1F. The molecule has 0 saturated carbocycles. The zero-order valence-electron chi connectivity index (χ0n) is 18.6. The minimum Gasteiger partial charge on any atom is -0.340 e. The Kier molecular flexibility index (Phi) is 6.85. The summed E-state index contributed by atoms with van der Waals surface area (Å²) in [5, 5.41) is 4.39. The Morgan fingerprint density at radius 1 is 1.03 bits per heavy atom. The minimum absolute atomic E-state index is 0.0756. The number of carbonyl (C=O) groups excluding carboxylic acids is 1. The van der Waals surface area contributed by atoms with Crippen molar-refractivity contribution in [1.82, 2.24) is 15.0 Å². The quantitative estimate of drug-likeness (QED) is 0.527. The normalized spacial score (nSPS) is 13.7. The van der Waals surface area contributed by atoms with Crippen molar-refractivity contribution in [2.45, 2.75) is 19.4 Å². The fraction of sp³-hybridized carbons (Fsp3) is 0.360. The number of hydrogen-bond donors (Lipinski definition) is 0. The van der Waals surface area contributed by atoms with Crippen LogP contribution in [0, 0.1) is 5.82 Å².